The van der Waals surface area contributed by atoms with Crippen molar-refractivity contribution in [1.82, 2.24) is 20.7 Å². The second kappa shape index (κ2) is 6.72. The number of halogens is 1. The van der Waals surface area contributed by atoms with Gasteiger partial charge in [0.1, 0.15) is 0 Å². The molecule has 0 fully saturated rings. The number of H-pyrrole nitrogens is 1. The maximum absolute atomic E-state index is 11.7. The molecule has 1 unspecified atom stereocenters. The summed E-state index contributed by atoms with van der Waals surface area (Å²) >= 11 is 5.11. The van der Waals surface area contributed by atoms with Gasteiger partial charge in [-0.25, -0.2) is 0 Å². The van der Waals surface area contributed by atoms with Gasteiger partial charge in [-0.15, -0.1) is 11.8 Å². The van der Waals surface area contributed by atoms with Crippen molar-refractivity contribution in [2.75, 3.05) is 6.54 Å². The molecule has 19 heavy (non-hydrogen) atoms. The molecular formula is C12H13BrN4OS. The lowest BCUT2D eigenvalue weighted by Crippen LogP contribution is -2.29. The molecule has 1 aromatic carbocycles. The van der Waals surface area contributed by atoms with Crippen molar-refractivity contribution in [3.63, 3.8) is 0 Å². The van der Waals surface area contributed by atoms with Crippen LogP contribution < -0.4 is 5.32 Å². The Bertz CT molecular complexity index is 529. The molecule has 0 bridgehead atoms. The first-order valence-corrected chi connectivity index (χ1v) is 7.38. The fraction of sp³-hybridized carbons (Fsp3) is 0.250. The number of aromatic nitrogens is 3. The first-order chi connectivity index (χ1) is 9.15. The van der Waals surface area contributed by atoms with Crippen molar-refractivity contribution in [2.24, 2.45) is 0 Å². The standard InChI is InChI=1S/C12H13BrN4OS/c1-8(19-10-4-2-9(13)3-5-10)6-14-12(18)11-7-15-17-16-11/h2-5,7-8H,6H2,1H3,(H,14,18)(H,15,16,17). The summed E-state index contributed by atoms with van der Waals surface area (Å²) in [6.07, 6.45) is 1.40. The predicted molar refractivity (Wildman–Crippen MR) is 78.2 cm³/mol. The third kappa shape index (κ3) is 4.36. The summed E-state index contributed by atoms with van der Waals surface area (Å²) in [6, 6.07) is 8.10. The molecule has 2 rings (SSSR count). The highest BCUT2D eigenvalue weighted by molar-refractivity contribution is 9.10. The summed E-state index contributed by atoms with van der Waals surface area (Å²) < 4.78 is 1.06. The van der Waals surface area contributed by atoms with Crippen LogP contribution >= 0.6 is 27.7 Å². The number of aromatic amines is 1. The average molecular weight is 341 g/mol. The Morgan fingerprint density at radius 3 is 2.84 bits per heavy atom. The third-order valence-corrected chi connectivity index (χ3v) is 3.99. The Morgan fingerprint density at radius 1 is 1.47 bits per heavy atom. The van der Waals surface area contributed by atoms with E-state index in [9.17, 15) is 4.79 Å². The molecule has 0 radical (unpaired) electrons. The van der Waals surface area contributed by atoms with E-state index in [1.807, 2.05) is 24.3 Å². The number of thioether (sulfide) groups is 1. The topological polar surface area (TPSA) is 70.7 Å². The van der Waals surface area contributed by atoms with Gasteiger partial charge >= 0.3 is 0 Å². The van der Waals surface area contributed by atoms with Crippen LogP contribution in [0.15, 0.2) is 39.8 Å². The molecule has 1 atom stereocenters. The van der Waals surface area contributed by atoms with Crippen LogP contribution in [0.25, 0.3) is 0 Å². The van der Waals surface area contributed by atoms with Gasteiger partial charge in [-0.2, -0.15) is 15.4 Å². The lowest BCUT2D eigenvalue weighted by atomic mass is 10.4. The number of hydrogen-bond acceptors (Lipinski definition) is 4. The van der Waals surface area contributed by atoms with Gasteiger partial charge in [-0.3, -0.25) is 4.79 Å². The molecule has 7 heteroatoms. The van der Waals surface area contributed by atoms with Gasteiger partial charge in [0.15, 0.2) is 5.69 Å². The fourth-order valence-corrected chi connectivity index (χ4v) is 2.61. The molecule has 0 aliphatic rings. The molecule has 1 heterocycles. The van der Waals surface area contributed by atoms with E-state index in [1.54, 1.807) is 11.8 Å². The van der Waals surface area contributed by atoms with E-state index in [1.165, 1.54) is 11.1 Å². The third-order valence-electron chi connectivity index (χ3n) is 2.35. The number of benzene rings is 1. The van der Waals surface area contributed by atoms with Gasteiger partial charge in [0.2, 0.25) is 0 Å². The highest BCUT2D eigenvalue weighted by atomic mass is 79.9. The van der Waals surface area contributed by atoms with Crippen LogP contribution in [0.3, 0.4) is 0 Å². The van der Waals surface area contributed by atoms with E-state index < -0.39 is 0 Å². The van der Waals surface area contributed by atoms with Crippen molar-refractivity contribution in [3.05, 3.63) is 40.6 Å². The first kappa shape index (κ1) is 14.1. The molecule has 1 amide bonds. The van der Waals surface area contributed by atoms with Gasteiger partial charge in [-0.1, -0.05) is 22.9 Å². The highest BCUT2D eigenvalue weighted by Crippen LogP contribution is 2.24. The molecule has 2 aromatic rings. The minimum absolute atomic E-state index is 0.211. The normalized spacial score (nSPS) is 12.1. The second-order valence-corrected chi connectivity index (χ2v) is 6.38. The maximum atomic E-state index is 11.7. The number of amides is 1. The van der Waals surface area contributed by atoms with Crippen LogP contribution in [-0.2, 0) is 0 Å². The number of hydrogen-bond donors (Lipinski definition) is 2. The largest absolute Gasteiger partial charge is 0.349 e. The monoisotopic (exact) mass is 340 g/mol. The second-order valence-electron chi connectivity index (χ2n) is 3.95. The molecular weight excluding hydrogens is 328 g/mol. The lowest BCUT2D eigenvalue weighted by molar-refractivity contribution is 0.0949. The number of carbonyl (C=O) groups excluding carboxylic acids is 1. The minimum Gasteiger partial charge on any atom is -0.349 e. The van der Waals surface area contributed by atoms with Crippen molar-refractivity contribution in [2.45, 2.75) is 17.1 Å². The summed E-state index contributed by atoms with van der Waals surface area (Å²) in [5.74, 6) is -0.211. The molecule has 1 aromatic heterocycles. The van der Waals surface area contributed by atoms with Gasteiger partial charge in [0, 0.05) is 21.2 Å². The van der Waals surface area contributed by atoms with Gasteiger partial charge < -0.3 is 5.32 Å². The van der Waals surface area contributed by atoms with E-state index in [0.717, 1.165) is 4.47 Å². The first-order valence-electron chi connectivity index (χ1n) is 5.71. The molecule has 0 spiro atoms. The van der Waals surface area contributed by atoms with E-state index in [0.29, 0.717) is 12.2 Å². The van der Waals surface area contributed by atoms with Crippen molar-refractivity contribution in [1.29, 1.82) is 0 Å². The molecule has 5 nitrogen and oxygen atoms in total. The molecule has 2 N–H and O–H groups in total. The average Bonchev–Trinajstić information content (AvgIpc) is 2.93. The van der Waals surface area contributed by atoms with Crippen LogP contribution in [0.1, 0.15) is 17.4 Å². The summed E-state index contributed by atoms with van der Waals surface area (Å²) in [4.78, 5) is 12.8. The zero-order valence-electron chi connectivity index (χ0n) is 10.3. The summed E-state index contributed by atoms with van der Waals surface area (Å²) in [7, 11) is 0. The van der Waals surface area contributed by atoms with Crippen LogP contribution in [-0.4, -0.2) is 33.1 Å². The van der Waals surface area contributed by atoms with Gasteiger partial charge in [-0.05, 0) is 24.3 Å². The van der Waals surface area contributed by atoms with Crippen LogP contribution in [0, 0.1) is 0 Å². The molecule has 0 saturated heterocycles. The summed E-state index contributed by atoms with van der Waals surface area (Å²) in [6.45, 7) is 2.64. The Balaban J connectivity index is 1.80. The Hall–Kier alpha value is -1.34. The zero-order valence-corrected chi connectivity index (χ0v) is 12.7. The fourth-order valence-electron chi connectivity index (χ4n) is 1.43. The van der Waals surface area contributed by atoms with Crippen molar-refractivity contribution in [3.8, 4) is 0 Å². The van der Waals surface area contributed by atoms with E-state index in [4.69, 9.17) is 0 Å². The van der Waals surface area contributed by atoms with Crippen LogP contribution in [0.4, 0.5) is 0 Å². The molecule has 100 valence electrons. The van der Waals surface area contributed by atoms with E-state index in [2.05, 4.69) is 43.6 Å². The number of nitrogens with one attached hydrogen (secondary N) is 2. The molecule has 0 saturated carbocycles. The Morgan fingerprint density at radius 2 is 2.21 bits per heavy atom. The Labute approximate surface area is 123 Å². The quantitative estimate of drug-likeness (QED) is 0.820. The van der Waals surface area contributed by atoms with Crippen molar-refractivity contribution >= 4 is 33.6 Å². The number of rotatable bonds is 5. The van der Waals surface area contributed by atoms with Gasteiger partial charge in [0.25, 0.3) is 5.91 Å². The van der Waals surface area contributed by atoms with Crippen LogP contribution in [0.5, 0.6) is 0 Å². The summed E-state index contributed by atoms with van der Waals surface area (Å²) in [5.41, 5.74) is 0.306. The maximum Gasteiger partial charge on any atom is 0.273 e. The number of carbonyl (C=O) groups is 1. The predicted octanol–water partition coefficient (Wildman–Crippen LogP) is 2.48. The minimum atomic E-state index is -0.211. The zero-order chi connectivity index (χ0) is 13.7. The van der Waals surface area contributed by atoms with Crippen LogP contribution in [0.2, 0.25) is 0 Å². The smallest absolute Gasteiger partial charge is 0.273 e. The molecule has 0 aliphatic carbocycles. The van der Waals surface area contributed by atoms with E-state index in [-0.39, 0.29) is 11.2 Å². The highest BCUT2D eigenvalue weighted by Gasteiger charge is 2.10. The molecule has 0 aliphatic heterocycles. The number of nitrogens with zero attached hydrogens (tertiary/aromatic N) is 2. The van der Waals surface area contributed by atoms with E-state index >= 15 is 0 Å². The SMILES string of the molecule is CC(CNC(=O)c1cn[nH]n1)Sc1ccc(Br)cc1. The van der Waals surface area contributed by atoms with Gasteiger partial charge in [0.05, 0.1) is 6.20 Å². The van der Waals surface area contributed by atoms with Crippen molar-refractivity contribution < 1.29 is 4.79 Å². The Kier molecular flexibility index (Phi) is 4.98. The lowest BCUT2D eigenvalue weighted by Gasteiger charge is -2.11. The summed E-state index contributed by atoms with van der Waals surface area (Å²) in [5, 5.41) is 12.8.